The number of methoxy groups -OCH3 is 1. The second kappa shape index (κ2) is 6.29. The number of hydrogen-bond donors (Lipinski definition) is 0. The molecule has 0 aromatic heterocycles. The SMILES string of the molecule is COc1ccc(C(F)(F)F)cc1SC(C)OC=S. The zero-order valence-corrected chi connectivity index (χ0v) is 11.3. The summed E-state index contributed by atoms with van der Waals surface area (Å²) < 4.78 is 47.8. The van der Waals surface area contributed by atoms with Crippen molar-refractivity contribution in [3.8, 4) is 5.75 Å². The van der Waals surface area contributed by atoms with Crippen molar-refractivity contribution in [3.63, 3.8) is 0 Å². The van der Waals surface area contributed by atoms with E-state index in [-0.39, 0.29) is 5.44 Å². The number of ether oxygens (including phenoxy) is 2. The van der Waals surface area contributed by atoms with Gasteiger partial charge in [-0.2, -0.15) is 13.2 Å². The van der Waals surface area contributed by atoms with Crippen LogP contribution < -0.4 is 4.74 Å². The number of thioether (sulfide) groups is 1. The highest BCUT2D eigenvalue weighted by molar-refractivity contribution is 7.99. The monoisotopic (exact) mass is 296 g/mol. The molecule has 0 aliphatic rings. The largest absolute Gasteiger partial charge is 0.496 e. The predicted molar refractivity (Wildman–Crippen MR) is 68.1 cm³/mol. The maximum Gasteiger partial charge on any atom is 0.416 e. The second-order valence-corrected chi connectivity index (χ2v) is 4.81. The molecule has 0 amide bonds. The van der Waals surface area contributed by atoms with E-state index in [1.807, 2.05) is 0 Å². The lowest BCUT2D eigenvalue weighted by Gasteiger charge is -2.15. The van der Waals surface area contributed by atoms with E-state index in [0.29, 0.717) is 10.6 Å². The van der Waals surface area contributed by atoms with Crippen molar-refractivity contribution in [1.29, 1.82) is 0 Å². The molecular weight excluding hydrogens is 285 g/mol. The van der Waals surface area contributed by atoms with Crippen molar-refractivity contribution in [3.05, 3.63) is 23.8 Å². The lowest BCUT2D eigenvalue weighted by Crippen LogP contribution is -2.06. The summed E-state index contributed by atoms with van der Waals surface area (Å²) in [4.78, 5) is 0.358. The molecule has 1 aromatic carbocycles. The fraction of sp³-hybridized carbons (Fsp3) is 0.364. The summed E-state index contributed by atoms with van der Waals surface area (Å²) in [6.07, 6.45) is -4.38. The molecule has 0 radical (unpaired) electrons. The molecule has 1 atom stereocenters. The van der Waals surface area contributed by atoms with Crippen LogP contribution in [0.5, 0.6) is 5.75 Å². The van der Waals surface area contributed by atoms with Crippen LogP contribution in [0.15, 0.2) is 23.1 Å². The predicted octanol–water partition coefficient (Wildman–Crippen LogP) is 4.13. The molecule has 0 fully saturated rings. The molecule has 7 heteroatoms. The Labute approximate surface area is 112 Å². The van der Waals surface area contributed by atoms with Gasteiger partial charge < -0.3 is 9.47 Å². The molecule has 0 heterocycles. The molecule has 0 aliphatic carbocycles. The minimum atomic E-state index is -4.38. The van der Waals surface area contributed by atoms with Crippen LogP contribution in [0.2, 0.25) is 0 Å². The molecule has 0 saturated carbocycles. The first-order chi connectivity index (χ1) is 8.38. The summed E-state index contributed by atoms with van der Waals surface area (Å²) in [7, 11) is 1.40. The maximum absolute atomic E-state index is 12.6. The fourth-order valence-corrected chi connectivity index (χ4v) is 2.40. The van der Waals surface area contributed by atoms with Gasteiger partial charge in [0.1, 0.15) is 16.7 Å². The van der Waals surface area contributed by atoms with Gasteiger partial charge in [-0.3, -0.25) is 0 Å². The molecule has 18 heavy (non-hydrogen) atoms. The van der Waals surface area contributed by atoms with Crippen LogP contribution in [-0.2, 0) is 10.9 Å². The van der Waals surface area contributed by atoms with Gasteiger partial charge in [0.15, 0.2) is 0 Å². The first-order valence-electron chi connectivity index (χ1n) is 4.89. The Morgan fingerprint density at radius 1 is 1.39 bits per heavy atom. The van der Waals surface area contributed by atoms with Crippen molar-refractivity contribution in [2.24, 2.45) is 0 Å². The van der Waals surface area contributed by atoms with Gasteiger partial charge >= 0.3 is 6.18 Å². The molecule has 1 rings (SSSR count). The Morgan fingerprint density at radius 3 is 2.56 bits per heavy atom. The van der Waals surface area contributed by atoms with Gasteiger partial charge in [0.05, 0.1) is 17.6 Å². The molecular formula is C11H11F3O2S2. The quantitative estimate of drug-likeness (QED) is 0.462. The highest BCUT2D eigenvalue weighted by atomic mass is 32.2. The number of halogens is 3. The number of thiocarbonyl (C=S) groups is 1. The van der Waals surface area contributed by atoms with Gasteiger partial charge in [-0.1, -0.05) is 11.8 Å². The van der Waals surface area contributed by atoms with Gasteiger partial charge in [-0.25, -0.2) is 0 Å². The molecule has 0 spiro atoms. The highest BCUT2D eigenvalue weighted by Crippen LogP contribution is 2.38. The van der Waals surface area contributed by atoms with Crippen LogP contribution in [0.3, 0.4) is 0 Å². The Hall–Kier alpha value is -0.950. The first kappa shape index (κ1) is 15.1. The zero-order chi connectivity index (χ0) is 13.8. The van der Waals surface area contributed by atoms with Crippen molar-refractivity contribution in [2.75, 3.05) is 7.11 Å². The van der Waals surface area contributed by atoms with E-state index in [2.05, 4.69) is 12.2 Å². The van der Waals surface area contributed by atoms with E-state index in [9.17, 15) is 13.2 Å². The summed E-state index contributed by atoms with van der Waals surface area (Å²) in [6.45, 7) is 1.69. The first-order valence-corrected chi connectivity index (χ1v) is 6.24. The number of rotatable bonds is 5. The summed E-state index contributed by atoms with van der Waals surface area (Å²) in [5, 5.41) is 0. The van der Waals surface area contributed by atoms with E-state index in [0.717, 1.165) is 29.4 Å². The zero-order valence-electron chi connectivity index (χ0n) is 9.65. The second-order valence-electron chi connectivity index (χ2n) is 3.28. The average Bonchev–Trinajstić information content (AvgIpc) is 2.28. The Kier molecular flexibility index (Phi) is 5.28. The molecule has 0 N–H and O–H groups in total. The van der Waals surface area contributed by atoms with Crippen molar-refractivity contribution < 1.29 is 22.6 Å². The van der Waals surface area contributed by atoms with E-state index in [4.69, 9.17) is 9.47 Å². The number of benzene rings is 1. The maximum atomic E-state index is 12.6. The van der Waals surface area contributed by atoms with Crippen molar-refractivity contribution in [2.45, 2.75) is 23.4 Å². The third kappa shape index (κ3) is 4.06. The Bertz CT molecular complexity index is 421. The summed E-state index contributed by atoms with van der Waals surface area (Å²) in [5.74, 6) is 0.368. The van der Waals surface area contributed by atoms with E-state index in [1.54, 1.807) is 6.92 Å². The van der Waals surface area contributed by atoms with E-state index >= 15 is 0 Å². The minimum Gasteiger partial charge on any atom is -0.496 e. The van der Waals surface area contributed by atoms with Gasteiger partial charge in [-0.05, 0) is 37.3 Å². The lowest BCUT2D eigenvalue weighted by molar-refractivity contribution is -0.137. The summed E-state index contributed by atoms with van der Waals surface area (Å²) in [6, 6.07) is 3.30. The van der Waals surface area contributed by atoms with Crippen LogP contribution in [0.4, 0.5) is 13.2 Å². The summed E-state index contributed by atoms with van der Waals surface area (Å²) >= 11 is 5.62. The fourth-order valence-electron chi connectivity index (χ4n) is 1.23. The van der Waals surface area contributed by atoms with Gasteiger partial charge in [-0.15, -0.1) is 0 Å². The van der Waals surface area contributed by atoms with Gasteiger partial charge in [0.2, 0.25) is 0 Å². The number of hydrogen-bond acceptors (Lipinski definition) is 4. The standard InChI is InChI=1S/C11H11F3O2S2/c1-7(16-6-17)18-10-5-8(11(12,13)14)3-4-9(10)15-2/h3-7H,1-2H3. The molecule has 0 bridgehead atoms. The smallest absolute Gasteiger partial charge is 0.416 e. The molecule has 1 unspecified atom stereocenters. The van der Waals surface area contributed by atoms with E-state index < -0.39 is 11.7 Å². The van der Waals surface area contributed by atoms with Crippen LogP contribution in [0.1, 0.15) is 12.5 Å². The normalized spacial score (nSPS) is 12.9. The van der Waals surface area contributed by atoms with Crippen molar-refractivity contribution >= 4 is 29.5 Å². The Balaban J connectivity index is 3.02. The average molecular weight is 296 g/mol. The topological polar surface area (TPSA) is 18.5 Å². The molecule has 1 aromatic rings. The highest BCUT2D eigenvalue weighted by Gasteiger charge is 2.31. The lowest BCUT2D eigenvalue weighted by atomic mass is 10.2. The number of alkyl halides is 3. The van der Waals surface area contributed by atoms with Crippen LogP contribution in [0.25, 0.3) is 0 Å². The summed E-state index contributed by atoms with van der Waals surface area (Å²) in [5.41, 5.74) is -0.0298. The molecule has 100 valence electrons. The van der Waals surface area contributed by atoms with Crippen molar-refractivity contribution in [1.82, 2.24) is 0 Å². The minimum absolute atomic E-state index is 0.358. The van der Waals surface area contributed by atoms with Crippen LogP contribution in [0, 0.1) is 0 Å². The van der Waals surface area contributed by atoms with Gasteiger partial charge in [0.25, 0.3) is 0 Å². The molecule has 2 nitrogen and oxygen atoms in total. The molecule has 0 saturated heterocycles. The van der Waals surface area contributed by atoms with Crippen LogP contribution >= 0.6 is 24.0 Å². The van der Waals surface area contributed by atoms with E-state index in [1.165, 1.54) is 13.2 Å². The third-order valence-corrected chi connectivity index (χ3v) is 3.16. The van der Waals surface area contributed by atoms with Gasteiger partial charge in [0, 0.05) is 0 Å². The molecule has 0 aliphatic heterocycles. The Morgan fingerprint density at radius 2 is 2.06 bits per heavy atom. The van der Waals surface area contributed by atoms with Crippen LogP contribution in [-0.4, -0.2) is 18.1 Å². The third-order valence-electron chi connectivity index (χ3n) is 2.03.